The number of morpholine rings is 1. The number of fused-ring (bicyclic) bond motifs is 1. The van der Waals surface area contributed by atoms with Crippen LogP contribution in [0.1, 0.15) is 0 Å². The summed E-state index contributed by atoms with van der Waals surface area (Å²) in [4.78, 5) is 11.9. The van der Waals surface area contributed by atoms with E-state index in [1.807, 2.05) is 36.4 Å². The van der Waals surface area contributed by atoms with Crippen LogP contribution in [0.25, 0.3) is 22.3 Å². The maximum Gasteiger partial charge on any atom is 0.162 e. The van der Waals surface area contributed by atoms with Crippen LogP contribution in [0.3, 0.4) is 0 Å². The van der Waals surface area contributed by atoms with E-state index in [1.165, 1.54) is 0 Å². The summed E-state index contributed by atoms with van der Waals surface area (Å²) in [7, 11) is 3.24. The van der Waals surface area contributed by atoms with Crippen LogP contribution < -0.4 is 14.4 Å². The van der Waals surface area contributed by atoms with E-state index >= 15 is 0 Å². The number of halogens is 1. The van der Waals surface area contributed by atoms with Crippen LogP contribution in [0.15, 0.2) is 36.4 Å². The molecule has 0 saturated carbocycles. The highest BCUT2D eigenvalue weighted by atomic mass is 35.5. The van der Waals surface area contributed by atoms with Crippen molar-refractivity contribution in [1.82, 2.24) is 9.97 Å². The molecule has 1 saturated heterocycles. The molecule has 1 aliphatic rings. The van der Waals surface area contributed by atoms with Gasteiger partial charge in [-0.2, -0.15) is 0 Å². The molecule has 27 heavy (non-hydrogen) atoms. The van der Waals surface area contributed by atoms with Gasteiger partial charge in [0.25, 0.3) is 0 Å². The summed E-state index contributed by atoms with van der Waals surface area (Å²) in [5.74, 6) is 2.81. The van der Waals surface area contributed by atoms with E-state index in [2.05, 4.69) is 4.90 Å². The number of ether oxygens (including phenoxy) is 3. The molecule has 0 amide bonds. The average Bonchev–Trinajstić information content (AvgIpc) is 2.73. The summed E-state index contributed by atoms with van der Waals surface area (Å²) in [6.07, 6.45) is 0. The fraction of sp³-hybridized carbons (Fsp3) is 0.300. The molecule has 0 N–H and O–H groups in total. The number of anilines is 1. The minimum absolute atomic E-state index is 0.638. The fourth-order valence-corrected chi connectivity index (χ4v) is 3.31. The van der Waals surface area contributed by atoms with Crippen molar-refractivity contribution in [3.63, 3.8) is 0 Å². The maximum absolute atomic E-state index is 6.03. The van der Waals surface area contributed by atoms with E-state index in [0.29, 0.717) is 35.6 Å². The van der Waals surface area contributed by atoms with Crippen molar-refractivity contribution in [1.29, 1.82) is 0 Å². The lowest BCUT2D eigenvalue weighted by Gasteiger charge is -2.29. The third-order valence-corrected chi connectivity index (χ3v) is 4.85. The van der Waals surface area contributed by atoms with Gasteiger partial charge in [-0.15, -0.1) is 0 Å². The molecule has 3 aromatic rings. The Kier molecular flexibility index (Phi) is 5.01. The van der Waals surface area contributed by atoms with Gasteiger partial charge in [-0.1, -0.05) is 11.6 Å². The maximum atomic E-state index is 6.03. The van der Waals surface area contributed by atoms with Crippen molar-refractivity contribution in [2.45, 2.75) is 0 Å². The van der Waals surface area contributed by atoms with Crippen molar-refractivity contribution in [2.75, 3.05) is 45.4 Å². The second-order valence-electron chi connectivity index (χ2n) is 6.20. The lowest BCUT2D eigenvalue weighted by molar-refractivity contribution is 0.122. The molecule has 4 rings (SSSR count). The topological polar surface area (TPSA) is 56.7 Å². The number of hydrogen-bond acceptors (Lipinski definition) is 6. The third kappa shape index (κ3) is 3.50. The monoisotopic (exact) mass is 385 g/mol. The Hall–Kier alpha value is -2.57. The molecule has 0 radical (unpaired) electrons. The van der Waals surface area contributed by atoms with Crippen LogP contribution >= 0.6 is 11.6 Å². The second-order valence-corrected chi connectivity index (χ2v) is 6.64. The number of aromatic nitrogens is 2. The van der Waals surface area contributed by atoms with Crippen LogP contribution in [-0.2, 0) is 4.74 Å². The number of methoxy groups -OCH3 is 2. The summed E-state index contributed by atoms with van der Waals surface area (Å²) >= 11 is 6.03. The summed E-state index contributed by atoms with van der Waals surface area (Å²) < 4.78 is 16.4. The van der Waals surface area contributed by atoms with E-state index in [0.717, 1.165) is 35.4 Å². The van der Waals surface area contributed by atoms with Crippen molar-refractivity contribution >= 4 is 28.3 Å². The predicted molar refractivity (Wildman–Crippen MR) is 106 cm³/mol. The predicted octanol–water partition coefficient (Wildman–Crippen LogP) is 3.80. The van der Waals surface area contributed by atoms with Gasteiger partial charge in [-0.25, -0.2) is 9.97 Å². The zero-order valence-corrected chi connectivity index (χ0v) is 16.0. The van der Waals surface area contributed by atoms with Crippen LogP contribution in [0.2, 0.25) is 5.02 Å². The molecule has 1 aromatic heterocycles. The van der Waals surface area contributed by atoms with E-state index in [1.54, 1.807) is 14.2 Å². The van der Waals surface area contributed by atoms with Crippen molar-refractivity contribution in [3.8, 4) is 22.9 Å². The van der Waals surface area contributed by atoms with Gasteiger partial charge < -0.3 is 19.1 Å². The highest BCUT2D eigenvalue weighted by molar-refractivity contribution is 6.30. The molecule has 2 aromatic carbocycles. The number of benzene rings is 2. The Balaban J connectivity index is 1.93. The lowest BCUT2D eigenvalue weighted by atomic mass is 10.1. The zero-order chi connectivity index (χ0) is 18.8. The van der Waals surface area contributed by atoms with Gasteiger partial charge in [0.2, 0.25) is 0 Å². The van der Waals surface area contributed by atoms with E-state index in [-0.39, 0.29) is 0 Å². The Morgan fingerprint density at radius 1 is 0.963 bits per heavy atom. The first-order valence-corrected chi connectivity index (χ1v) is 9.10. The van der Waals surface area contributed by atoms with Crippen LogP contribution in [0, 0.1) is 0 Å². The van der Waals surface area contributed by atoms with Crippen LogP contribution in [-0.4, -0.2) is 50.5 Å². The summed E-state index contributed by atoms with van der Waals surface area (Å²) in [5, 5.41) is 1.60. The molecule has 1 fully saturated rings. The molecule has 0 spiro atoms. The quantitative estimate of drug-likeness (QED) is 0.680. The lowest BCUT2D eigenvalue weighted by Crippen LogP contribution is -2.37. The normalized spacial score (nSPS) is 14.4. The first-order chi connectivity index (χ1) is 13.2. The minimum Gasteiger partial charge on any atom is -0.493 e. The molecule has 2 heterocycles. The highest BCUT2D eigenvalue weighted by Gasteiger charge is 2.20. The van der Waals surface area contributed by atoms with E-state index in [9.17, 15) is 0 Å². The van der Waals surface area contributed by atoms with Gasteiger partial charge in [0.1, 0.15) is 5.82 Å². The van der Waals surface area contributed by atoms with Gasteiger partial charge in [0.15, 0.2) is 17.3 Å². The summed E-state index contributed by atoms with van der Waals surface area (Å²) in [5.41, 5.74) is 1.71. The Labute approximate surface area is 162 Å². The largest absolute Gasteiger partial charge is 0.493 e. The average molecular weight is 386 g/mol. The molecule has 0 atom stereocenters. The highest BCUT2D eigenvalue weighted by Crippen LogP contribution is 2.36. The standard InChI is InChI=1S/C20H20ClN3O3/c1-25-17-11-15-16(12-18(17)26-2)22-19(13-3-5-14(21)6-4-13)23-20(15)24-7-9-27-10-8-24/h3-6,11-12H,7-10H2,1-2H3. The van der Waals surface area contributed by atoms with E-state index < -0.39 is 0 Å². The third-order valence-electron chi connectivity index (χ3n) is 4.59. The molecular weight excluding hydrogens is 366 g/mol. The molecule has 0 aliphatic carbocycles. The summed E-state index contributed by atoms with van der Waals surface area (Å²) in [6.45, 7) is 2.91. The first-order valence-electron chi connectivity index (χ1n) is 8.72. The van der Waals surface area contributed by atoms with Gasteiger partial charge in [-0.05, 0) is 30.3 Å². The zero-order valence-electron chi connectivity index (χ0n) is 15.2. The molecule has 0 unspecified atom stereocenters. The number of hydrogen-bond donors (Lipinski definition) is 0. The molecule has 7 heteroatoms. The fourth-order valence-electron chi connectivity index (χ4n) is 3.18. The SMILES string of the molecule is COc1cc2nc(-c3ccc(Cl)cc3)nc(N3CCOCC3)c2cc1OC. The Morgan fingerprint density at radius 3 is 2.30 bits per heavy atom. The minimum atomic E-state index is 0.638. The molecule has 0 bridgehead atoms. The molecule has 1 aliphatic heterocycles. The van der Waals surface area contributed by atoms with Crippen LogP contribution in [0.5, 0.6) is 11.5 Å². The van der Waals surface area contributed by atoms with Gasteiger partial charge >= 0.3 is 0 Å². The number of rotatable bonds is 4. The molecular formula is C20H20ClN3O3. The smallest absolute Gasteiger partial charge is 0.162 e. The van der Waals surface area contributed by atoms with E-state index in [4.69, 9.17) is 35.8 Å². The number of nitrogens with zero attached hydrogens (tertiary/aromatic N) is 3. The van der Waals surface area contributed by atoms with Gasteiger partial charge in [0, 0.05) is 35.1 Å². The summed E-state index contributed by atoms with van der Waals surface area (Å²) in [6, 6.07) is 11.4. The Bertz CT molecular complexity index is 957. The van der Waals surface area contributed by atoms with Gasteiger partial charge in [0.05, 0.1) is 33.0 Å². The Morgan fingerprint density at radius 2 is 1.63 bits per heavy atom. The van der Waals surface area contributed by atoms with Crippen LogP contribution in [0.4, 0.5) is 5.82 Å². The van der Waals surface area contributed by atoms with Crippen molar-refractivity contribution < 1.29 is 14.2 Å². The van der Waals surface area contributed by atoms with Gasteiger partial charge in [-0.3, -0.25) is 0 Å². The van der Waals surface area contributed by atoms with Crippen molar-refractivity contribution in [3.05, 3.63) is 41.4 Å². The second kappa shape index (κ2) is 7.58. The molecule has 6 nitrogen and oxygen atoms in total. The molecule has 140 valence electrons. The van der Waals surface area contributed by atoms with Crippen molar-refractivity contribution in [2.24, 2.45) is 0 Å². The first kappa shape index (κ1) is 17.8.